The van der Waals surface area contributed by atoms with E-state index in [4.69, 9.17) is 9.84 Å². The number of β-lactam (4-membered cyclic amide) rings is 1. The van der Waals surface area contributed by atoms with Crippen LogP contribution >= 0.6 is 0 Å². The summed E-state index contributed by atoms with van der Waals surface area (Å²) >= 11 is 0. The maximum absolute atomic E-state index is 12.4. The first-order chi connectivity index (χ1) is 13.3. The number of benzene rings is 1. The standard InChI is InChI=1S/C16H18N4O7S/c1-27-10-6-17-16(18-7-10)19-28(25,26)11-4-2-9(3-5-11)20-13(12(22)8-21)14(23)15(20)24/h2-7,12-14,21-23H,8H2,1H3,(H,17,18,19)/t12-,13-,14+/m1/s1. The molecule has 1 amide bonds. The molecule has 150 valence electrons. The molecule has 4 N–H and O–H groups in total. The van der Waals surface area contributed by atoms with Crippen molar-refractivity contribution >= 4 is 27.6 Å². The third-order valence-corrected chi connectivity index (χ3v) is 5.55. The summed E-state index contributed by atoms with van der Waals surface area (Å²) in [6, 6.07) is 4.20. The van der Waals surface area contributed by atoms with Crippen LogP contribution in [-0.4, -0.2) is 71.6 Å². The largest absolute Gasteiger partial charge is 0.494 e. The summed E-state index contributed by atoms with van der Waals surface area (Å²) in [6.07, 6.45) is -0.146. The molecule has 3 atom stereocenters. The number of nitrogens with one attached hydrogen (secondary N) is 1. The Hall–Kier alpha value is -2.80. The molecular weight excluding hydrogens is 392 g/mol. The van der Waals surface area contributed by atoms with Gasteiger partial charge >= 0.3 is 0 Å². The van der Waals surface area contributed by atoms with Gasteiger partial charge in [0.25, 0.3) is 15.9 Å². The van der Waals surface area contributed by atoms with Crippen molar-refractivity contribution in [2.24, 2.45) is 0 Å². The number of ether oxygens (including phenoxy) is 1. The van der Waals surface area contributed by atoms with Crippen LogP contribution in [0.2, 0.25) is 0 Å². The number of rotatable bonds is 7. The van der Waals surface area contributed by atoms with E-state index in [1.807, 2.05) is 0 Å². The summed E-state index contributed by atoms with van der Waals surface area (Å²) < 4.78 is 32.0. The number of anilines is 2. The zero-order valence-electron chi connectivity index (χ0n) is 14.6. The lowest BCUT2D eigenvalue weighted by Crippen LogP contribution is -2.70. The van der Waals surface area contributed by atoms with Crippen molar-refractivity contribution in [2.45, 2.75) is 23.1 Å². The van der Waals surface area contributed by atoms with Crippen LogP contribution in [0, 0.1) is 0 Å². The van der Waals surface area contributed by atoms with E-state index in [2.05, 4.69) is 14.7 Å². The van der Waals surface area contributed by atoms with Gasteiger partial charge < -0.3 is 25.0 Å². The average molecular weight is 410 g/mol. The highest BCUT2D eigenvalue weighted by atomic mass is 32.2. The smallest absolute Gasteiger partial charge is 0.264 e. The van der Waals surface area contributed by atoms with Gasteiger partial charge in [-0.05, 0) is 24.3 Å². The number of aliphatic hydroxyl groups is 3. The van der Waals surface area contributed by atoms with Gasteiger partial charge in [-0.25, -0.2) is 23.1 Å². The fourth-order valence-electron chi connectivity index (χ4n) is 2.72. The molecule has 2 aromatic rings. The molecule has 0 spiro atoms. The summed E-state index contributed by atoms with van der Waals surface area (Å²) in [4.78, 5) is 20.5. The van der Waals surface area contributed by atoms with Crippen molar-refractivity contribution in [3.8, 4) is 5.75 Å². The Labute approximate surface area is 160 Å². The van der Waals surface area contributed by atoms with Crippen LogP contribution in [0.1, 0.15) is 0 Å². The van der Waals surface area contributed by atoms with E-state index >= 15 is 0 Å². The van der Waals surface area contributed by atoms with Crippen LogP contribution in [0.25, 0.3) is 0 Å². The molecular formula is C16H18N4O7S. The molecule has 3 rings (SSSR count). The SMILES string of the molecule is COc1cnc(NS(=O)(=O)c2ccc(N3C(=O)[C@@H](O)[C@H]3[C@H](O)CO)cc2)nc1. The molecule has 0 saturated carbocycles. The first-order valence-corrected chi connectivity index (χ1v) is 9.56. The van der Waals surface area contributed by atoms with Crippen molar-refractivity contribution in [1.29, 1.82) is 0 Å². The molecule has 0 aliphatic carbocycles. The van der Waals surface area contributed by atoms with Crippen molar-refractivity contribution in [1.82, 2.24) is 9.97 Å². The molecule has 28 heavy (non-hydrogen) atoms. The third kappa shape index (κ3) is 3.62. The fraction of sp³-hybridized carbons (Fsp3) is 0.312. The number of methoxy groups -OCH3 is 1. The summed E-state index contributed by atoms with van der Waals surface area (Å²) in [5, 5.41) is 28.5. The number of carbonyl (C=O) groups excluding carboxylic acids is 1. The van der Waals surface area contributed by atoms with Gasteiger partial charge in [-0.15, -0.1) is 0 Å². The van der Waals surface area contributed by atoms with E-state index in [9.17, 15) is 23.4 Å². The molecule has 0 bridgehead atoms. The Balaban J connectivity index is 1.78. The Bertz CT molecular complexity index is 950. The molecule has 1 fully saturated rings. The number of aromatic nitrogens is 2. The second kappa shape index (κ2) is 7.67. The molecule has 2 heterocycles. The number of hydrogen-bond acceptors (Lipinski definition) is 9. The van der Waals surface area contributed by atoms with Crippen LogP contribution in [-0.2, 0) is 14.8 Å². The lowest BCUT2D eigenvalue weighted by molar-refractivity contribution is -0.142. The second-order valence-electron chi connectivity index (χ2n) is 5.94. The van der Waals surface area contributed by atoms with Crippen molar-refractivity contribution in [2.75, 3.05) is 23.3 Å². The molecule has 1 aromatic carbocycles. The molecule has 1 aliphatic rings. The van der Waals surface area contributed by atoms with Crippen LogP contribution < -0.4 is 14.4 Å². The van der Waals surface area contributed by atoms with E-state index in [-0.39, 0.29) is 16.5 Å². The summed E-state index contributed by atoms with van der Waals surface area (Å²) in [5.74, 6) is -0.428. The predicted molar refractivity (Wildman–Crippen MR) is 96.2 cm³/mol. The second-order valence-corrected chi connectivity index (χ2v) is 7.62. The van der Waals surface area contributed by atoms with Gasteiger partial charge in [0.1, 0.15) is 12.1 Å². The summed E-state index contributed by atoms with van der Waals surface area (Å²) in [7, 11) is -2.55. The minimum Gasteiger partial charge on any atom is -0.494 e. The monoisotopic (exact) mass is 410 g/mol. The minimum absolute atomic E-state index is 0.108. The Morgan fingerprint density at radius 2 is 1.86 bits per heavy atom. The van der Waals surface area contributed by atoms with Gasteiger partial charge in [-0.3, -0.25) is 4.79 Å². The number of sulfonamides is 1. The highest BCUT2D eigenvalue weighted by molar-refractivity contribution is 7.92. The average Bonchev–Trinajstić information content (AvgIpc) is 2.71. The molecule has 1 aliphatic heterocycles. The topological polar surface area (TPSA) is 162 Å². The molecule has 1 aromatic heterocycles. The quantitative estimate of drug-likeness (QED) is 0.407. The van der Waals surface area contributed by atoms with E-state index in [0.29, 0.717) is 5.75 Å². The van der Waals surface area contributed by atoms with Crippen molar-refractivity contribution in [3.05, 3.63) is 36.7 Å². The normalized spacial score (nSPS) is 20.4. The fourth-order valence-corrected chi connectivity index (χ4v) is 3.68. The van der Waals surface area contributed by atoms with Gasteiger partial charge in [0.2, 0.25) is 5.95 Å². The summed E-state index contributed by atoms with van der Waals surface area (Å²) in [5.41, 5.74) is 0.271. The number of amides is 1. The number of carbonyl (C=O) groups is 1. The lowest BCUT2D eigenvalue weighted by Gasteiger charge is -2.46. The van der Waals surface area contributed by atoms with E-state index in [1.165, 1.54) is 43.8 Å². The molecule has 0 unspecified atom stereocenters. The molecule has 12 heteroatoms. The van der Waals surface area contributed by atoms with E-state index in [1.54, 1.807) is 0 Å². The molecule has 1 saturated heterocycles. The van der Waals surface area contributed by atoms with Crippen molar-refractivity contribution in [3.63, 3.8) is 0 Å². The van der Waals surface area contributed by atoms with Crippen LogP contribution in [0.3, 0.4) is 0 Å². The van der Waals surface area contributed by atoms with Crippen LogP contribution in [0.4, 0.5) is 11.6 Å². The van der Waals surface area contributed by atoms with E-state index in [0.717, 1.165) is 4.90 Å². The lowest BCUT2D eigenvalue weighted by atomic mass is 9.92. The first-order valence-electron chi connectivity index (χ1n) is 8.07. The maximum Gasteiger partial charge on any atom is 0.264 e. The van der Waals surface area contributed by atoms with Gasteiger partial charge in [0.15, 0.2) is 11.9 Å². The number of nitrogens with zero attached hydrogens (tertiary/aromatic N) is 3. The van der Waals surface area contributed by atoms with Crippen molar-refractivity contribution < 1.29 is 33.3 Å². The van der Waals surface area contributed by atoms with Gasteiger partial charge in [-0.1, -0.05) is 0 Å². The zero-order valence-corrected chi connectivity index (χ0v) is 15.4. The maximum atomic E-state index is 12.4. The Kier molecular flexibility index (Phi) is 5.47. The molecule has 0 radical (unpaired) electrons. The van der Waals surface area contributed by atoms with Gasteiger partial charge in [-0.2, -0.15) is 0 Å². The Morgan fingerprint density at radius 3 is 2.39 bits per heavy atom. The van der Waals surface area contributed by atoms with Crippen LogP contribution in [0.15, 0.2) is 41.6 Å². The van der Waals surface area contributed by atoms with Gasteiger partial charge in [0.05, 0.1) is 31.0 Å². The van der Waals surface area contributed by atoms with E-state index < -0.39 is 40.8 Å². The number of hydrogen-bond donors (Lipinski definition) is 4. The third-order valence-electron chi connectivity index (χ3n) is 4.21. The minimum atomic E-state index is -3.98. The highest BCUT2D eigenvalue weighted by Crippen LogP contribution is 2.31. The number of aliphatic hydroxyl groups excluding tert-OH is 3. The van der Waals surface area contributed by atoms with Gasteiger partial charge in [0, 0.05) is 5.69 Å². The zero-order chi connectivity index (χ0) is 20.5. The first kappa shape index (κ1) is 19.9. The summed E-state index contributed by atoms with van der Waals surface area (Å²) in [6.45, 7) is -0.635. The highest BCUT2D eigenvalue weighted by Gasteiger charge is 2.50. The molecule has 11 nitrogen and oxygen atoms in total. The Morgan fingerprint density at radius 1 is 1.25 bits per heavy atom. The predicted octanol–water partition coefficient (Wildman–Crippen LogP) is -1.28. The van der Waals surface area contributed by atoms with Crippen LogP contribution in [0.5, 0.6) is 5.75 Å².